The molecule has 2 aromatic rings. The molecule has 0 aliphatic rings. The van der Waals surface area contributed by atoms with Gasteiger partial charge in [0.2, 0.25) is 0 Å². The van der Waals surface area contributed by atoms with Crippen LogP contribution < -0.4 is 5.32 Å². The zero-order valence-electron chi connectivity index (χ0n) is 10.9. The summed E-state index contributed by atoms with van der Waals surface area (Å²) >= 11 is 3.38. The Morgan fingerprint density at radius 2 is 2.21 bits per heavy atom. The molecule has 0 fully saturated rings. The number of nitrogens with zero attached hydrogens (tertiary/aromatic N) is 4. The summed E-state index contributed by atoms with van der Waals surface area (Å²) in [6.45, 7) is 5.85. The highest BCUT2D eigenvalue weighted by Gasteiger charge is 2.19. The molecule has 2 rings (SSSR count). The van der Waals surface area contributed by atoms with E-state index in [0.29, 0.717) is 11.5 Å². The molecule has 0 aromatic carbocycles. The Balaban J connectivity index is 2.16. The van der Waals surface area contributed by atoms with Crippen molar-refractivity contribution in [2.45, 2.75) is 32.9 Å². The number of H-pyrrole nitrogens is 1. The first kappa shape index (κ1) is 13.7. The van der Waals surface area contributed by atoms with Crippen LogP contribution in [0.5, 0.6) is 0 Å². The molecule has 2 heterocycles. The van der Waals surface area contributed by atoms with E-state index in [2.05, 4.69) is 41.9 Å². The monoisotopic (exact) mass is 326 g/mol. The summed E-state index contributed by atoms with van der Waals surface area (Å²) in [5.41, 5.74) is 0.595. The van der Waals surface area contributed by atoms with Gasteiger partial charge < -0.3 is 9.88 Å². The van der Waals surface area contributed by atoms with E-state index >= 15 is 0 Å². The summed E-state index contributed by atoms with van der Waals surface area (Å²) in [6.07, 6.45) is 1.89. The minimum atomic E-state index is -0.305. The third kappa shape index (κ3) is 3.01. The summed E-state index contributed by atoms with van der Waals surface area (Å²) < 4.78 is 2.78. The van der Waals surface area contributed by atoms with Crippen molar-refractivity contribution in [3.63, 3.8) is 0 Å². The van der Waals surface area contributed by atoms with E-state index < -0.39 is 0 Å². The summed E-state index contributed by atoms with van der Waals surface area (Å²) in [7, 11) is 0. The average Bonchev–Trinajstić information content (AvgIpc) is 2.96. The van der Waals surface area contributed by atoms with Crippen LogP contribution in [-0.4, -0.2) is 31.1 Å². The van der Waals surface area contributed by atoms with Gasteiger partial charge in [0.15, 0.2) is 5.82 Å². The molecule has 102 valence electrons. The largest absolute Gasteiger partial charge is 0.341 e. The lowest BCUT2D eigenvalue weighted by Gasteiger charge is -2.14. The molecule has 0 saturated heterocycles. The molecule has 0 saturated carbocycles. The van der Waals surface area contributed by atoms with Crippen LogP contribution in [0.15, 0.2) is 16.7 Å². The first-order chi connectivity index (χ1) is 8.99. The van der Waals surface area contributed by atoms with Crippen LogP contribution in [0.1, 0.15) is 49.2 Å². The summed E-state index contributed by atoms with van der Waals surface area (Å²) in [4.78, 5) is 12.2. The molecular weight excluding hydrogens is 312 g/mol. The highest BCUT2D eigenvalue weighted by molar-refractivity contribution is 9.10. The van der Waals surface area contributed by atoms with Crippen molar-refractivity contribution in [1.29, 1.82) is 0 Å². The first-order valence-electron chi connectivity index (χ1n) is 5.90. The predicted octanol–water partition coefficient (Wildman–Crippen LogP) is 1.84. The van der Waals surface area contributed by atoms with Gasteiger partial charge in [0.1, 0.15) is 5.69 Å². The normalized spacial score (nSPS) is 12.7. The Kier molecular flexibility index (Phi) is 3.98. The standard InChI is InChI=1S/C11H15BrN6O/c1-6(2)18-5-8(12)4-9(18)11(19)13-7(3)10-14-16-17-15-10/h4-7H,1-3H3,(H,13,19)(H,14,15,16,17). The van der Waals surface area contributed by atoms with Gasteiger partial charge >= 0.3 is 0 Å². The van der Waals surface area contributed by atoms with E-state index in [1.165, 1.54) is 0 Å². The number of carbonyl (C=O) groups excluding carboxylic acids is 1. The van der Waals surface area contributed by atoms with Gasteiger partial charge in [-0.25, -0.2) is 0 Å². The molecule has 1 amide bonds. The minimum absolute atomic E-state index is 0.170. The van der Waals surface area contributed by atoms with E-state index in [0.717, 1.165) is 4.47 Å². The number of nitrogens with one attached hydrogen (secondary N) is 2. The first-order valence-corrected chi connectivity index (χ1v) is 6.70. The van der Waals surface area contributed by atoms with Gasteiger partial charge in [-0.15, -0.1) is 10.2 Å². The second-order valence-electron chi connectivity index (χ2n) is 4.51. The van der Waals surface area contributed by atoms with E-state index in [1.54, 1.807) is 13.0 Å². The highest BCUT2D eigenvalue weighted by Crippen LogP contribution is 2.20. The summed E-state index contributed by atoms with van der Waals surface area (Å²) in [5.74, 6) is 0.284. The van der Waals surface area contributed by atoms with Crippen molar-refractivity contribution in [2.75, 3.05) is 0 Å². The molecule has 7 nitrogen and oxygen atoms in total. The van der Waals surface area contributed by atoms with Crippen LogP contribution in [0.25, 0.3) is 0 Å². The number of aromatic nitrogens is 5. The Morgan fingerprint density at radius 1 is 1.47 bits per heavy atom. The molecule has 0 spiro atoms. The summed E-state index contributed by atoms with van der Waals surface area (Å²) in [5, 5.41) is 16.4. The zero-order valence-corrected chi connectivity index (χ0v) is 12.5. The molecule has 2 N–H and O–H groups in total. The fraction of sp³-hybridized carbons (Fsp3) is 0.455. The van der Waals surface area contributed by atoms with Gasteiger partial charge in [-0.1, -0.05) is 5.21 Å². The number of hydrogen-bond acceptors (Lipinski definition) is 4. The Morgan fingerprint density at radius 3 is 2.79 bits per heavy atom. The third-order valence-corrected chi connectivity index (χ3v) is 3.13. The maximum Gasteiger partial charge on any atom is 0.268 e. The van der Waals surface area contributed by atoms with E-state index in [9.17, 15) is 4.79 Å². The Hall–Kier alpha value is -1.70. The molecule has 0 aliphatic carbocycles. The van der Waals surface area contributed by atoms with Crippen molar-refractivity contribution >= 4 is 21.8 Å². The van der Waals surface area contributed by atoms with Crippen LogP contribution in [0, 0.1) is 0 Å². The number of amides is 1. The second-order valence-corrected chi connectivity index (χ2v) is 5.43. The maximum absolute atomic E-state index is 12.2. The number of aromatic amines is 1. The molecule has 8 heteroatoms. The third-order valence-electron chi connectivity index (χ3n) is 2.70. The Bertz CT molecular complexity index is 562. The average molecular weight is 327 g/mol. The predicted molar refractivity (Wildman–Crippen MR) is 72.6 cm³/mol. The highest BCUT2D eigenvalue weighted by atomic mass is 79.9. The van der Waals surface area contributed by atoms with Crippen molar-refractivity contribution in [3.8, 4) is 0 Å². The number of hydrogen-bond donors (Lipinski definition) is 2. The van der Waals surface area contributed by atoms with Crippen LogP contribution in [0.4, 0.5) is 0 Å². The molecule has 19 heavy (non-hydrogen) atoms. The van der Waals surface area contributed by atoms with E-state index in [1.807, 2.05) is 24.6 Å². The molecule has 0 aliphatic heterocycles. The SMILES string of the molecule is CC(NC(=O)c1cc(Br)cn1C(C)C)c1nn[nH]n1. The molecular formula is C11H15BrN6O. The van der Waals surface area contributed by atoms with Gasteiger partial charge in [-0.3, -0.25) is 4.79 Å². The van der Waals surface area contributed by atoms with Gasteiger partial charge in [0.25, 0.3) is 5.91 Å². The maximum atomic E-state index is 12.2. The number of carbonyl (C=O) groups is 1. The minimum Gasteiger partial charge on any atom is -0.341 e. The molecule has 2 aromatic heterocycles. The van der Waals surface area contributed by atoms with Crippen LogP contribution in [0.2, 0.25) is 0 Å². The number of tetrazole rings is 1. The summed E-state index contributed by atoms with van der Waals surface area (Å²) in [6, 6.07) is 1.69. The Labute approximate surface area is 118 Å². The lowest BCUT2D eigenvalue weighted by Crippen LogP contribution is -2.29. The van der Waals surface area contributed by atoms with Crippen molar-refractivity contribution in [3.05, 3.63) is 28.3 Å². The smallest absolute Gasteiger partial charge is 0.268 e. The lowest BCUT2D eigenvalue weighted by molar-refractivity contribution is 0.0927. The van der Waals surface area contributed by atoms with Gasteiger partial charge in [-0.05, 0) is 42.8 Å². The van der Waals surface area contributed by atoms with Crippen LogP contribution >= 0.6 is 15.9 Å². The van der Waals surface area contributed by atoms with Crippen molar-refractivity contribution < 1.29 is 4.79 Å². The quantitative estimate of drug-likeness (QED) is 0.897. The van der Waals surface area contributed by atoms with Crippen molar-refractivity contribution in [1.82, 2.24) is 30.5 Å². The molecule has 1 atom stereocenters. The fourth-order valence-electron chi connectivity index (χ4n) is 1.74. The number of rotatable bonds is 4. The molecule has 0 radical (unpaired) electrons. The van der Waals surface area contributed by atoms with Crippen LogP contribution in [-0.2, 0) is 0 Å². The lowest BCUT2D eigenvalue weighted by atomic mass is 10.3. The van der Waals surface area contributed by atoms with E-state index in [4.69, 9.17) is 0 Å². The van der Waals surface area contributed by atoms with E-state index in [-0.39, 0.29) is 18.0 Å². The molecule has 0 bridgehead atoms. The zero-order chi connectivity index (χ0) is 14.0. The topological polar surface area (TPSA) is 88.5 Å². The fourth-order valence-corrected chi connectivity index (χ4v) is 2.18. The van der Waals surface area contributed by atoms with Gasteiger partial charge in [0, 0.05) is 16.7 Å². The van der Waals surface area contributed by atoms with Crippen molar-refractivity contribution in [2.24, 2.45) is 0 Å². The van der Waals surface area contributed by atoms with Crippen LogP contribution in [0.3, 0.4) is 0 Å². The van der Waals surface area contributed by atoms with Gasteiger partial charge in [0.05, 0.1) is 6.04 Å². The number of halogens is 1. The second kappa shape index (κ2) is 5.52. The molecule has 1 unspecified atom stereocenters. The van der Waals surface area contributed by atoms with Gasteiger partial charge in [-0.2, -0.15) is 5.21 Å².